The topological polar surface area (TPSA) is 108 Å². The largest absolute Gasteiger partial charge is 0.495 e. The Morgan fingerprint density at radius 3 is 1.90 bits per heavy atom. The highest BCUT2D eigenvalue weighted by molar-refractivity contribution is 6.32. The fraction of sp³-hybridized carbons (Fsp3) is 0.300. The molecule has 0 spiro atoms. The SMILES string of the molecule is COc1cc(NC(=O)C(N=Nc2c(OC)cc(Cl)cc2OC)C(C)=O)c(OC)cc1Cl. The van der Waals surface area contributed by atoms with Crippen molar-refractivity contribution in [3.63, 3.8) is 0 Å². The van der Waals surface area contributed by atoms with Gasteiger partial charge in [-0.1, -0.05) is 23.2 Å². The number of hydrogen-bond acceptors (Lipinski definition) is 8. The standard InChI is InChI=1S/C20H21Cl2N3O6/c1-10(26)18(24-25-19-16(30-4)6-11(21)7-17(19)31-5)20(27)23-13-9-14(28-2)12(22)8-15(13)29-3/h6-9,18H,1-5H3,(H,23,27). The van der Waals surface area contributed by atoms with Gasteiger partial charge < -0.3 is 24.3 Å². The summed E-state index contributed by atoms with van der Waals surface area (Å²) < 4.78 is 20.9. The second-order valence-electron chi connectivity index (χ2n) is 6.06. The van der Waals surface area contributed by atoms with Gasteiger partial charge in [0.2, 0.25) is 6.04 Å². The highest BCUT2D eigenvalue weighted by Crippen LogP contribution is 2.40. The number of ketones is 1. The van der Waals surface area contributed by atoms with E-state index in [2.05, 4.69) is 15.5 Å². The number of carbonyl (C=O) groups excluding carboxylic acids is 2. The summed E-state index contributed by atoms with van der Waals surface area (Å²) in [6, 6.07) is 4.51. The molecule has 0 radical (unpaired) electrons. The van der Waals surface area contributed by atoms with E-state index in [0.29, 0.717) is 15.8 Å². The molecule has 1 amide bonds. The molecule has 0 aliphatic rings. The summed E-state index contributed by atoms with van der Waals surface area (Å²) in [6.07, 6.45) is 0. The first-order valence-corrected chi connectivity index (χ1v) is 9.56. The molecule has 0 fully saturated rings. The third-order valence-electron chi connectivity index (χ3n) is 4.08. The van der Waals surface area contributed by atoms with Gasteiger partial charge in [-0.3, -0.25) is 9.59 Å². The molecule has 9 nitrogen and oxygen atoms in total. The average molecular weight is 470 g/mol. The predicted molar refractivity (Wildman–Crippen MR) is 117 cm³/mol. The van der Waals surface area contributed by atoms with E-state index in [1.165, 1.54) is 59.6 Å². The Hall–Kier alpha value is -3.04. The van der Waals surface area contributed by atoms with Crippen molar-refractivity contribution in [1.82, 2.24) is 0 Å². The van der Waals surface area contributed by atoms with Gasteiger partial charge >= 0.3 is 0 Å². The van der Waals surface area contributed by atoms with Crippen LogP contribution in [-0.4, -0.2) is 46.2 Å². The van der Waals surface area contributed by atoms with Crippen molar-refractivity contribution < 1.29 is 28.5 Å². The quantitative estimate of drug-likeness (QED) is 0.420. The van der Waals surface area contributed by atoms with Crippen molar-refractivity contribution in [3.8, 4) is 23.0 Å². The van der Waals surface area contributed by atoms with Crippen molar-refractivity contribution in [3.05, 3.63) is 34.3 Å². The molecular weight excluding hydrogens is 449 g/mol. The molecule has 2 aromatic rings. The zero-order valence-corrected chi connectivity index (χ0v) is 19.0. The van der Waals surface area contributed by atoms with Gasteiger partial charge in [0.1, 0.15) is 11.5 Å². The van der Waals surface area contributed by atoms with Gasteiger partial charge in [-0.25, -0.2) is 0 Å². The number of Topliss-reactive ketones (excluding diaryl/α,β-unsaturated/α-hetero) is 1. The number of amides is 1. The molecule has 1 unspecified atom stereocenters. The van der Waals surface area contributed by atoms with Crippen LogP contribution in [-0.2, 0) is 9.59 Å². The number of hydrogen-bond donors (Lipinski definition) is 1. The van der Waals surface area contributed by atoms with Gasteiger partial charge in [-0.05, 0) is 6.92 Å². The molecule has 2 rings (SSSR count). The van der Waals surface area contributed by atoms with Crippen molar-refractivity contribution in [2.75, 3.05) is 33.8 Å². The number of methoxy groups -OCH3 is 4. The van der Waals surface area contributed by atoms with Crippen LogP contribution in [0.15, 0.2) is 34.5 Å². The Labute approximate surface area is 189 Å². The lowest BCUT2D eigenvalue weighted by molar-refractivity contribution is -0.126. The highest BCUT2D eigenvalue weighted by atomic mass is 35.5. The molecule has 0 saturated heterocycles. The van der Waals surface area contributed by atoms with Crippen LogP contribution in [0.25, 0.3) is 0 Å². The lowest BCUT2D eigenvalue weighted by Gasteiger charge is -2.15. The van der Waals surface area contributed by atoms with Crippen LogP contribution in [0.3, 0.4) is 0 Å². The third kappa shape index (κ3) is 5.77. The van der Waals surface area contributed by atoms with E-state index in [9.17, 15) is 9.59 Å². The summed E-state index contributed by atoms with van der Waals surface area (Å²) in [5.74, 6) is -0.146. The van der Waals surface area contributed by atoms with Crippen molar-refractivity contribution >= 4 is 46.3 Å². The summed E-state index contributed by atoms with van der Waals surface area (Å²) in [5.41, 5.74) is 0.427. The first-order valence-electron chi connectivity index (χ1n) is 8.80. The number of halogens is 2. The minimum absolute atomic E-state index is 0.180. The molecule has 166 valence electrons. The molecule has 11 heteroatoms. The fourth-order valence-corrected chi connectivity index (χ4v) is 2.98. The van der Waals surface area contributed by atoms with Crippen molar-refractivity contribution in [1.29, 1.82) is 0 Å². The molecule has 0 saturated carbocycles. The molecule has 0 aromatic heterocycles. The van der Waals surface area contributed by atoms with Gasteiger partial charge in [-0.15, -0.1) is 5.11 Å². The average Bonchev–Trinajstić information content (AvgIpc) is 2.74. The Morgan fingerprint density at radius 2 is 1.42 bits per heavy atom. The molecule has 1 atom stereocenters. The zero-order valence-electron chi connectivity index (χ0n) is 17.5. The number of benzene rings is 2. The van der Waals surface area contributed by atoms with Crippen LogP contribution in [0, 0.1) is 0 Å². The third-order valence-corrected chi connectivity index (χ3v) is 4.60. The molecule has 31 heavy (non-hydrogen) atoms. The Morgan fingerprint density at radius 1 is 0.871 bits per heavy atom. The van der Waals surface area contributed by atoms with Crippen LogP contribution >= 0.6 is 23.2 Å². The van der Waals surface area contributed by atoms with E-state index >= 15 is 0 Å². The molecule has 0 bridgehead atoms. The fourth-order valence-electron chi connectivity index (χ4n) is 2.55. The Kier molecular flexibility index (Phi) is 8.47. The number of nitrogens with one attached hydrogen (secondary N) is 1. The van der Waals surface area contributed by atoms with Crippen LogP contribution in [0.4, 0.5) is 11.4 Å². The van der Waals surface area contributed by atoms with E-state index in [1.54, 1.807) is 0 Å². The number of ether oxygens (including phenoxy) is 4. The Balaban J connectivity index is 2.38. The highest BCUT2D eigenvalue weighted by Gasteiger charge is 2.25. The molecule has 0 aliphatic heterocycles. The summed E-state index contributed by atoms with van der Waals surface area (Å²) in [4.78, 5) is 24.9. The monoisotopic (exact) mass is 469 g/mol. The van der Waals surface area contributed by atoms with E-state index in [1.807, 2.05) is 0 Å². The van der Waals surface area contributed by atoms with Crippen LogP contribution < -0.4 is 24.3 Å². The zero-order chi connectivity index (χ0) is 23.1. The second-order valence-corrected chi connectivity index (χ2v) is 6.91. The van der Waals surface area contributed by atoms with Crippen LogP contribution in [0.2, 0.25) is 10.0 Å². The molecular formula is C20H21Cl2N3O6. The van der Waals surface area contributed by atoms with Gasteiger partial charge in [-0.2, -0.15) is 5.11 Å². The first kappa shape index (κ1) is 24.2. The van der Waals surface area contributed by atoms with Crippen LogP contribution in [0.5, 0.6) is 23.0 Å². The van der Waals surface area contributed by atoms with Gasteiger partial charge in [0.25, 0.3) is 5.91 Å². The van der Waals surface area contributed by atoms with E-state index < -0.39 is 17.7 Å². The molecule has 2 aromatic carbocycles. The smallest absolute Gasteiger partial charge is 0.258 e. The number of anilines is 1. The van der Waals surface area contributed by atoms with E-state index in [0.717, 1.165) is 0 Å². The molecule has 0 aliphatic carbocycles. The number of carbonyl (C=O) groups is 2. The number of rotatable bonds is 9. The summed E-state index contributed by atoms with van der Waals surface area (Å²) in [7, 11) is 5.67. The van der Waals surface area contributed by atoms with Crippen LogP contribution in [0.1, 0.15) is 6.92 Å². The lowest BCUT2D eigenvalue weighted by atomic mass is 10.2. The van der Waals surface area contributed by atoms with Crippen molar-refractivity contribution in [2.24, 2.45) is 10.2 Å². The lowest BCUT2D eigenvalue weighted by Crippen LogP contribution is -2.32. The van der Waals surface area contributed by atoms with E-state index in [-0.39, 0.29) is 28.6 Å². The van der Waals surface area contributed by atoms with Gasteiger partial charge in [0.15, 0.2) is 23.0 Å². The maximum Gasteiger partial charge on any atom is 0.258 e. The normalized spacial score (nSPS) is 11.7. The second kappa shape index (κ2) is 10.8. The molecule has 0 heterocycles. The predicted octanol–water partition coefficient (Wildman–Crippen LogP) is 4.71. The molecule has 1 N–H and O–H groups in total. The summed E-state index contributed by atoms with van der Waals surface area (Å²) >= 11 is 12.1. The maximum atomic E-state index is 12.8. The summed E-state index contributed by atoms with van der Waals surface area (Å²) in [5, 5.41) is 11.2. The van der Waals surface area contributed by atoms with E-state index in [4.69, 9.17) is 42.1 Å². The van der Waals surface area contributed by atoms with Crippen molar-refractivity contribution in [2.45, 2.75) is 13.0 Å². The first-order chi connectivity index (χ1) is 14.7. The summed E-state index contributed by atoms with van der Waals surface area (Å²) in [6.45, 7) is 1.22. The number of azo groups is 1. The minimum Gasteiger partial charge on any atom is -0.495 e. The maximum absolute atomic E-state index is 12.8. The number of nitrogens with zero attached hydrogens (tertiary/aromatic N) is 2. The Bertz CT molecular complexity index is 988. The van der Waals surface area contributed by atoms with Gasteiger partial charge in [0, 0.05) is 29.3 Å². The van der Waals surface area contributed by atoms with Gasteiger partial charge in [0.05, 0.1) is 39.1 Å². The minimum atomic E-state index is -1.45.